The van der Waals surface area contributed by atoms with Gasteiger partial charge < -0.3 is 25.4 Å². The van der Waals surface area contributed by atoms with Crippen LogP contribution in [-0.2, 0) is 0 Å². The Labute approximate surface area is 144 Å². The van der Waals surface area contributed by atoms with E-state index in [1.54, 1.807) is 0 Å². The third kappa shape index (κ3) is 4.54. The molecule has 0 spiro atoms. The first-order chi connectivity index (χ1) is 11.7. The van der Waals surface area contributed by atoms with Gasteiger partial charge in [0.2, 0.25) is 0 Å². The summed E-state index contributed by atoms with van der Waals surface area (Å²) in [5.74, 6) is 1.97. The van der Waals surface area contributed by atoms with Crippen LogP contribution in [0.2, 0.25) is 0 Å². The molecule has 6 heteroatoms. The Morgan fingerprint density at radius 2 is 1.96 bits per heavy atom. The van der Waals surface area contributed by atoms with Gasteiger partial charge in [0.25, 0.3) is 0 Å². The van der Waals surface area contributed by atoms with E-state index in [9.17, 15) is 0 Å². The van der Waals surface area contributed by atoms with Gasteiger partial charge in [-0.25, -0.2) is 0 Å². The molecule has 0 atom stereocenters. The molecule has 24 heavy (non-hydrogen) atoms. The third-order valence-electron chi connectivity index (χ3n) is 4.70. The maximum atomic E-state index is 6.00. The van der Waals surface area contributed by atoms with E-state index >= 15 is 0 Å². The minimum Gasteiger partial charge on any atom is -0.490 e. The van der Waals surface area contributed by atoms with Crippen molar-refractivity contribution in [3.05, 3.63) is 18.2 Å². The summed E-state index contributed by atoms with van der Waals surface area (Å²) < 4.78 is 11.3. The van der Waals surface area contributed by atoms with Crippen LogP contribution in [-0.4, -0.2) is 50.3 Å². The van der Waals surface area contributed by atoms with Gasteiger partial charge in [-0.2, -0.15) is 0 Å². The van der Waals surface area contributed by atoms with Crippen LogP contribution in [0.5, 0.6) is 11.5 Å². The highest BCUT2D eigenvalue weighted by atomic mass is 16.5. The second-order valence-electron chi connectivity index (χ2n) is 6.52. The van der Waals surface area contributed by atoms with Gasteiger partial charge in [-0.1, -0.05) is 12.8 Å². The number of anilines is 1. The topological polar surface area (TPSA) is 72.1 Å². The summed E-state index contributed by atoms with van der Waals surface area (Å²) in [5.41, 5.74) is 6.87. The maximum Gasteiger partial charge on any atom is 0.193 e. The molecule has 6 nitrogen and oxygen atoms in total. The summed E-state index contributed by atoms with van der Waals surface area (Å²) in [6.45, 7) is 3.01. The molecule has 1 aliphatic carbocycles. The molecule has 1 aromatic rings. The molecule has 3 N–H and O–H groups in total. The maximum absolute atomic E-state index is 6.00. The molecular formula is C18H28N4O2. The summed E-state index contributed by atoms with van der Waals surface area (Å²) in [6.07, 6.45) is 6.23. The van der Waals surface area contributed by atoms with Gasteiger partial charge in [0.1, 0.15) is 0 Å². The number of likely N-dealkylation sites (N-methyl/N-ethyl adjacent to an activating group) is 1. The number of rotatable bonds is 5. The van der Waals surface area contributed by atoms with Crippen LogP contribution in [0.25, 0.3) is 0 Å². The fourth-order valence-corrected chi connectivity index (χ4v) is 3.28. The SMILES string of the molecule is CN(CCN=C(N)Nc1ccc2c(c1)OCCCO2)C1CCCC1. The Balaban J connectivity index is 1.50. The standard InChI is InChI=1S/C18H28N4O2/c1-22(15-5-2-3-6-15)10-9-20-18(19)21-14-7-8-16-17(13-14)24-12-4-11-23-16/h7-8,13,15H,2-6,9-12H2,1H3,(H3,19,20,21). The zero-order valence-electron chi connectivity index (χ0n) is 14.5. The Morgan fingerprint density at radius 3 is 2.75 bits per heavy atom. The molecule has 1 aliphatic heterocycles. The number of nitrogens with zero attached hydrogens (tertiary/aromatic N) is 2. The van der Waals surface area contributed by atoms with Gasteiger partial charge in [0, 0.05) is 30.8 Å². The normalized spacial score (nSPS) is 18.7. The van der Waals surface area contributed by atoms with Crippen molar-refractivity contribution in [2.24, 2.45) is 10.7 Å². The van der Waals surface area contributed by atoms with Crippen molar-refractivity contribution in [3.63, 3.8) is 0 Å². The molecule has 0 aromatic heterocycles. The number of nitrogens with one attached hydrogen (secondary N) is 1. The van der Waals surface area contributed by atoms with Crippen LogP contribution in [0, 0.1) is 0 Å². The van der Waals surface area contributed by atoms with Crippen LogP contribution in [0.15, 0.2) is 23.2 Å². The molecular weight excluding hydrogens is 304 g/mol. The van der Waals surface area contributed by atoms with Gasteiger partial charge in [0.15, 0.2) is 17.5 Å². The van der Waals surface area contributed by atoms with Crippen LogP contribution < -0.4 is 20.5 Å². The minimum absolute atomic E-state index is 0.435. The first-order valence-electron chi connectivity index (χ1n) is 8.89. The van der Waals surface area contributed by atoms with E-state index in [1.807, 2.05) is 18.2 Å². The number of hydrogen-bond acceptors (Lipinski definition) is 4. The monoisotopic (exact) mass is 332 g/mol. The van der Waals surface area contributed by atoms with E-state index in [0.29, 0.717) is 25.7 Å². The summed E-state index contributed by atoms with van der Waals surface area (Å²) in [6, 6.07) is 6.47. The largest absolute Gasteiger partial charge is 0.490 e. The highest BCUT2D eigenvalue weighted by Gasteiger charge is 2.18. The first-order valence-corrected chi connectivity index (χ1v) is 8.89. The van der Waals surface area contributed by atoms with E-state index in [0.717, 1.165) is 36.2 Å². The van der Waals surface area contributed by atoms with Crippen molar-refractivity contribution in [3.8, 4) is 11.5 Å². The average molecular weight is 332 g/mol. The zero-order valence-corrected chi connectivity index (χ0v) is 14.5. The fourth-order valence-electron chi connectivity index (χ4n) is 3.28. The minimum atomic E-state index is 0.435. The second kappa shape index (κ2) is 8.24. The molecule has 0 saturated heterocycles. The molecule has 1 saturated carbocycles. The third-order valence-corrected chi connectivity index (χ3v) is 4.70. The summed E-state index contributed by atoms with van der Waals surface area (Å²) >= 11 is 0. The highest BCUT2D eigenvalue weighted by molar-refractivity contribution is 5.92. The predicted octanol–water partition coefficient (Wildman–Crippen LogP) is 2.45. The van der Waals surface area contributed by atoms with Crippen molar-refractivity contribution in [2.75, 3.05) is 38.7 Å². The number of benzene rings is 1. The number of aliphatic imine (C=N–C) groups is 1. The van der Waals surface area contributed by atoms with Crippen molar-refractivity contribution in [1.82, 2.24) is 4.90 Å². The van der Waals surface area contributed by atoms with Crippen LogP contribution in [0.4, 0.5) is 5.69 Å². The van der Waals surface area contributed by atoms with Gasteiger partial charge in [-0.15, -0.1) is 0 Å². The Hall–Kier alpha value is -1.95. The average Bonchev–Trinajstić information content (AvgIpc) is 3.01. The molecule has 1 heterocycles. The lowest BCUT2D eigenvalue weighted by molar-refractivity contribution is 0.252. The number of nitrogens with two attached hydrogens (primary N) is 1. The van der Waals surface area contributed by atoms with Crippen LogP contribution >= 0.6 is 0 Å². The lowest BCUT2D eigenvalue weighted by Crippen LogP contribution is -2.32. The predicted molar refractivity (Wildman–Crippen MR) is 97.0 cm³/mol. The van der Waals surface area contributed by atoms with Gasteiger partial charge >= 0.3 is 0 Å². The van der Waals surface area contributed by atoms with Crippen LogP contribution in [0.1, 0.15) is 32.1 Å². The van der Waals surface area contributed by atoms with E-state index in [2.05, 4.69) is 22.3 Å². The van der Waals surface area contributed by atoms with E-state index in [1.165, 1.54) is 25.7 Å². The number of ether oxygens (including phenoxy) is 2. The first kappa shape index (κ1) is 16.9. The second-order valence-corrected chi connectivity index (χ2v) is 6.52. The molecule has 0 unspecified atom stereocenters. The lowest BCUT2D eigenvalue weighted by atomic mass is 10.2. The lowest BCUT2D eigenvalue weighted by Gasteiger charge is -2.22. The fraction of sp³-hybridized carbons (Fsp3) is 0.611. The molecule has 2 aliphatic rings. The molecule has 132 valence electrons. The summed E-state index contributed by atoms with van der Waals surface area (Å²) in [4.78, 5) is 6.83. The summed E-state index contributed by atoms with van der Waals surface area (Å²) in [5, 5.41) is 3.13. The van der Waals surface area contributed by atoms with E-state index in [4.69, 9.17) is 15.2 Å². The molecule has 1 fully saturated rings. The van der Waals surface area contributed by atoms with Gasteiger partial charge in [-0.05, 0) is 32.0 Å². The van der Waals surface area contributed by atoms with Crippen molar-refractivity contribution >= 4 is 11.6 Å². The highest BCUT2D eigenvalue weighted by Crippen LogP contribution is 2.32. The van der Waals surface area contributed by atoms with Gasteiger partial charge in [-0.3, -0.25) is 4.99 Å². The Morgan fingerprint density at radius 1 is 1.21 bits per heavy atom. The van der Waals surface area contributed by atoms with E-state index < -0.39 is 0 Å². The van der Waals surface area contributed by atoms with Crippen molar-refractivity contribution < 1.29 is 9.47 Å². The molecule has 0 radical (unpaired) electrons. The van der Waals surface area contributed by atoms with E-state index in [-0.39, 0.29) is 0 Å². The van der Waals surface area contributed by atoms with Crippen molar-refractivity contribution in [2.45, 2.75) is 38.1 Å². The number of fused-ring (bicyclic) bond motifs is 1. The zero-order chi connectivity index (χ0) is 16.8. The molecule has 1 aromatic carbocycles. The Bertz CT molecular complexity index is 570. The molecule has 0 bridgehead atoms. The smallest absolute Gasteiger partial charge is 0.193 e. The van der Waals surface area contributed by atoms with Gasteiger partial charge in [0.05, 0.1) is 19.8 Å². The number of guanidine groups is 1. The van der Waals surface area contributed by atoms with Crippen molar-refractivity contribution in [1.29, 1.82) is 0 Å². The number of hydrogen-bond donors (Lipinski definition) is 2. The molecule has 0 amide bonds. The summed E-state index contributed by atoms with van der Waals surface area (Å²) in [7, 11) is 2.18. The van der Waals surface area contributed by atoms with Crippen LogP contribution in [0.3, 0.4) is 0 Å². The molecule has 3 rings (SSSR count). The quantitative estimate of drug-likeness (QED) is 0.640. The Kier molecular flexibility index (Phi) is 5.80.